The van der Waals surface area contributed by atoms with Gasteiger partial charge in [-0.05, 0) is 55.5 Å². The Morgan fingerprint density at radius 1 is 1.00 bits per heavy atom. The number of rotatable bonds is 5. The number of hydrogen-bond donors (Lipinski definition) is 1. The van der Waals surface area contributed by atoms with Gasteiger partial charge in [-0.1, -0.05) is 0 Å². The number of amides is 3. The van der Waals surface area contributed by atoms with Gasteiger partial charge in [-0.15, -0.1) is 0 Å². The average Bonchev–Trinajstić information content (AvgIpc) is 3.02. The van der Waals surface area contributed by atoms with E-state index in [1.807, 2.05) is 0 Å². The van der Waals surface area contributed by atoms with Gasteiger partial charge in [0.2, 0.25) is 11.8 Å². The van der Waals surface area contributed by atoms with Crippen LogP contribution in [0.1, 0.15) is 30.1 Å². The Morgan fingerprint density at radius 2 is 1.57 bits per heavy atom. The number of halogens is 1. The number of esters is 1. The van der Waals surface area contributed by atoms with E-state index in [0.29, 0.717) is 11.4 Å². The number of ether oxygens (including phenoxy) is 1. The van der Waals surface area contributed by atoms with Crippen molar-refractivity contribution in [1.29, 1.82) is 0 Å². The quantitative estimate of drug-likeness (QED) is 0.632. The maximum atomic E-state index is 12.9. The highest BCUT2D eigenvalue weighted by molar-refractivity contribution is 6.19. The van der Waals surface area contributed by atoms with Crippen LogP contribution in [0.5, 0.6) is 0 Å². The lowest BCUT2D eigenvalue weighted by molar-refractivity contribution is -0.124. The molecule has 0 unspecified atom stereocenters. The van der Waals surface area contributed by atoms with Crippen LogP contribution in [-0.4, -0.2) is 29.8 Å². The van der Waals surface area contributed by atoms with Crippen LogP contribution in [0.25, 0.3) is 0 Å². The summed E-state index contributed by atoms with van der Waals surface area (Å²) < 4.78 is 18.0. The van der Waals surface area contributed by atoms with Crippen molar-refractivity contribution < 1.29 is 28.3 Å². The molecule has 7 nitrogen and oxygen atoms in total. The number of carbonyl (C=O) groups excluding carboxylic acids is 4. The zero-order valence-electron chi connectivity index (χ0n) is 15.0. The Kier molecular flexibility index (Phi) is 5.49. The molecule has 0 spiro atoms. The molecule has 0 aromatic heterocycles. The SMILES string of the molecule is C[C@H](OC(=O)c1ccc(N2C(=O)CCC2=O)cc1)C(=O)Nc1ccc(F)cc1. The molecule has 1 N–H and O–H groups in total. The minimum absolute atomic E-state index is 0.170. The summed E-state index contributed by atoms with van der Waals surface area (Å²) in [6.45, 7) is 1.41. The molecule has 1 aliphatic heterocycles. The third-order valence-electron chi connectivity index (χ3n) is 4.18. The van der Waals surface area contributed by atoms with Crippen LogP contribution in [0.4, 0.5) is 15.8 Å². The average molecular weight is 384 g/mol. The number of nitrogens with one attached hydrogen (secondary N) is 1. The Balaban J connectivity index is 1.60. The number of carbonyl (C=O) groups is 4. The molecular weight excluding hydrogens is 367 g/mol. The largest absolute Gasteiger partial charge is 0.449 e. The van der Waals surface area contributed by atoms with Crippen molar-refractivity contribution in [3.8, 4) is 0 Å². The third-order valence-corrected chi connectivity index (χ3v) is 4.18. The van der Waals surface area contributed by atoms with Gasteiger partial charge in [0.05, 0.1) is 11.3 Å². The van der Waals surface area contributed by atoms with E-state index in [0.717, 1.165) is 4.90 Å². The van der Waals surface area contributed by atoms with Gasteiger partial charge in [0.1, 0.15) is 5.82 Å². The summed E-state index contributed by atoms with van der Waals surface area (Å²) >= 11 is 0. The van der Waals surface area contributed by atoms with Gasteiger partial charge in [0.25, 0.3) is 5.91 Å². The third kappa shape index (κ3) is 4.22. The molecule has 0 saturated carbocycles. The second-order valence-electron chi connectivity index (χ2n) is 6.21. The molecule has 3 amide bonds. The number of anilines is 2. The van der Waals surface area contributed by atoms with Gasteiger partial charge in [-0.3, -0.25) is 19.3 Å². The first-order valence-electron chi connectivity index (χ1n) is 8.58. The first-order chi connectivity index (χ1) is 13.3. The lowest BCUT2D eigenvalue weighted by atomic mass is 10.2. The Morgan fingerprint density at radius 3 is 2.14 bits per heavy atom. The fourth-order valence-corrected chi connectivity index (χ4v) is 2.67. The minimum Gasteiger partial charge on any atom is -0.449 e. The van der Waals surface area contributed by atoms with Gasteiger partial charge in [-0.25, -0.2) is 9.18 Å². The van der Waals surface area contributed by atoms with Crippen LogP contribution in [0.15, 0.2) is 48.5 Å². The van der Waals surface area contributed by atoms with E-state index in [1.54, 1.807) is 0 Å². The highest BCUT2D eigenvalue weighted by atomic mass is 19.1. The van der Waals surface area contributed by atoms with E-state index in [4.69, 9.17) is 4.74 Å². The molecular formula is C20H17FN2O5. The van der Waals surface area contributed by atoms with E-state index < -0.39 is 23.8 Å². The van der Waals surface area contributed by atoms with Crippen LogP contribution >= 0.6 is 0 Å². The Bertz CT molecular complexity index is 909. The number of nitrogens with zero attached hydrogens (tertiary/aromatic N) is 1. The zero-order chi connectivity index (χ0) is 20.3. The van der Waals surface area contributed by atoms with Gasteiger partial charge in [0.15, 0.2) is 6.10 Å². The van der Waals surface area contributed by atoms with Crippen molar-refractivity contribution in [2.45, 2.75) is 25.9 Å². The monoisotopic (exact) mass is 384 g/mol. The van der Waals surface area contributed by atoms with Crippen molar-refractivity contribution in [1.82, 2.24) is 0 Å². The van der Waals surface area contributed by atoms with E-state index in [1.165, 1.54) is 55.5 Å². The lowest BCUT2D eigenvalue weighted by Gasteiger charge is -2.15. The lowest BCUT2D eigenvalue weighted by Crippen LogP contribution is -2.30. The van der Waals surface area contributed by atoms with E-state index in [-0.39, 0.29) is 30.2 Å². The summed E-state index contributed by atoms with van der Waals surface area (Å²) in [5.41, 5.74) is 0.925. The maximum Gasteiger partial charge on any atom is 0.338 e. The van der Waals surface area contributed by atoms with E-state index in [9.17, 15) is 23.6 Å². The van der Waals surface area contributed by atoms with Gasteiger partial charge >= 0.3 is 5.97 Å². The van der Waals surface area contributed by atoms with Gasteiger partial charge < -0.3 is 10.1 Å². The summed E-state index contributed by atoms with van der Waals surface area (Å²) in [4.78, 5) is 48.9. The molecule has 3 rings (SSSR count). The molecule has 28 heavy (non-hydrogen) atoms. The number of imide groups is 1. The second kappa shape index (κ2) is 7.99. The fourth-order valence-electron chi connectivity index (χ4n) is 2.67. The summed E-state index contributed by atoms with van der Waals surface area (Å²) in [6, 6.07) is 11.0. The van der Waals surface area contributed by atoms with Crippen LogP contribution in [0.2, 0.25) is 0 Å². The van der Waals surface area contributed by atoms with Crippen LogP contribution < -0.4 is 10.2 Å². The molecule has 144 valence electrons. The molecule has 0 bridgehead atoms. The predicted molar refractivity (Wildman–Crippen MR) is 98.1 cm³/mol. The topological polar surface area (TPSA) is 92.8 Å². The Labute approximate surface area is 160 Å². The van der Waals surface area contributed by atoms with Crippen LogP contribution in [0.3, 0.4) is 0 Å². The van der Waals surface area contributed by atoms with Crippen molar-refractivity contribution >= 4 is 35.1 Å². The van der Waals surface area contributed by atoms with Crippen molar-refractivity contribution in [2.24, 2.45) is 0 Å². The molecule has 1 saturated heterocycles. The minimum atomic E-state index is -1.08. The predicted octanol–water partition coefficient (Wildman–Crippen LogP) is 2.66. The standard InChI is InChI=1S/C20H17FN2O5/c1-12(19(26)22-15-6-4-14(21)5-7-15)28-20(27)13-2-8-16(9-3-13)23-17(24)10-11-18(23)25/h2-9,12H,10-11H2,1H3,(H,22,26)/t12-/m0/s1. The fraction of sp³-hybridized carbons (Fsp3) is 0.200. The Hall–Kier alpha value is -3.55. The first kappa shape index (κ1) is 19.2. The van der Waals surface area contributed by atoms with E-state index >= 15 is 0 Å². The highest BCUT2D eigenvalue weighted by Gasteiger charge is 2.30. The number of benzene rings is 2. The maximum absolute atomic E-state index is 12.9. The molecule has 1 atom stereocenters. The molecule has 2 aromatic carbocycles. The van der Waals surface area contributed by atoms with Crippen molar-refractivity contribution in [3.05, 3.63) is 59.9 Å². The first-order valence-corrected chi connectivity index (χ1v) is 8.58. The summed E-state index contributed by atoms with van der Waals surface area (Å²) in [5.74, 6) is -2.30. The molecule has 2 aromatic rings. The highest BCUT2D eigenvalue weighted by Crippen LogP contribution is 2.23. The molecule has 0 radical (unpaired) electrons. The zero-order valence-corrected chi connectivity index (χ0v) is 15.0. The van der Waals surface area contributed by atoms with E-state index in [2.05, 4.69) is 5.32 Å². The van der Waals surface area contributed by atoms with Crippen LogP contribution in [0, 0.1) is 5.82 Å². The van der Waals surface area contributed by atoms with Crippen molar-refractivity contribution in [2.75, 3.05) is 10.2 Å². The van der Waals surface area contributed by atoms with Crippen molar-refractivity contribution in [3.63, 3.8) is 0 Å². The molecule has 0 aliphatic carbocycles. The van der Waals surface area contributed by atoms with Gasteiger partial charge in [0, 0.05) is 18.5 Å². The molecule has 8 heteroatoms. The molecule has 1 fully saturated rings. The van der Waals surface area contributed by atoms with Crippen LogP contribution in [-0.2, 0) is 19.1 Å². The normalized spacial score (nSPS) is 14.7. The number of hydrogen-bond acceptors (Lipinski definition) is 5. The summed E-state index contributed by atoms with van der Waals surface area (Å²) in [6.07, 6.45) is -0.744. The second-order valence-corrected chi connectivity index (χ2v) is 6.21. The van der Waals surface area contributed by atoms with Gasteiger partial charge in [-0.2, -0.15) is 0 Å². The summed E-state index contributed by atoms with van der Waals surface area (Å²) in [5, 5.41) is 2.52. The smallest absolute Gasteiger partial charge is 0.338 e. The molecule has 1 aliphatic rings. The summed E-state index contributed by atoms with van der Waals surface area (Å²) in [7, 11) is 0. The molecule has 1 heterocycles.